The van der Waals surface area contributed by atoms with Gasteiger partial charge in [-0.1, -0.05) is 23.4 Å². The van der Waals surface area contributed by atoms with E-state index in [0.29, 0.717) is 12.0 Å². The number of phenols is 1. The Hall–Kier alpha value is -1.77. The van der Waals surface area contributed by atoms with Crippen LogP contribution < -0.4 is 0 Å². The fourth-order valence-electron chi connectivity index (χ4n) is 1.14. The van der Waals surface area contributed by atoms with Gasteiger partial charge in [0.15, 0.2) is 0 Å². The molecule has 0 saturated heterocycles. The molecule has 0 atom stereocenters. The van der Waals surface area contributed by atoms with Gasteiger partial charge in [-0.15, -0.1) is 6.58 Å². The Morgan fingerprint density at radius 2 is 2.23 bits per heavy atom. The summed E-state index contributed by atoms with van der Waals surface area (Å²) in [4.78, 5) is 0. The lowest BCUT2D eigenvalue weighted by atomic mass is 10.0. The Morgan fingerprint density at radius 3 is 2.85 bits per heavy atom. The summed E-state index contributed by atoms with van der Waals surface area (Å²) in [7, 11) is 0. The molecule has 0 aromatic heterocycles. The van der Waals surface area contributed by atoms with Crippen molar-refractivity contribution in [2.75, 3.05) is 0 Å². The van der Waals surface area contributed by atoms with Crippen molar-refractivity contribution >= 4 is 6.21 Å². The Morgan fingerprint density at radius 1 is 1.46 bits per heavy atom. The van der Waals surface area contributed by atoms with E-state index in [4.69, 9.17) is 5.21 Å². The minimum absolute atomic E-state index is 0.108. The summed E-state index contributed by atoms with van der Waals surface area (Å²) in [6.07, 6.45) is 3.58. The third-order valence-electron chi connectivity index (χ3n) is 1.72. The van der Waals surface area contributed by atoms with Crippen LogP contribution >= 0.6 is 0 Å². The topological polar surface area (TPSA) is 52.8 Å². The van der Waals surface area contributed by atoms with E-state index in [9.17, 15) is 5.11 Å². The SMILES string of the molecule is C=CCc1cccc(O)c1C=NO. The molecule has 3 heteroatoms. The number of rotatable bonds is 3. The molecule has 1 rings (SSSR count). The lowest BCUT2D eigenvalue weighted by Gasteiger charge is -2.03. The Balaban J connectivity index is 3.16. The number of benzene rings is 1. The first-order valence-electron chi connectivity index (χ1n) is 3.88. The van der Waals surface area contributed by atoms with Gasteiger partial charge in [0.1, 0.15) is 5.75 Å². The van der Waals surface area contributed by atoms with Crippen LogP contribution in [0.15, 0.2) is 36.0 Å². The van der Waals surface area contributed by atoms with Crippen LogP contribution in [0.5, 0.6) is 5.75 Å². The van der Waals surface area contributed by atoms with Gasteiger partial charge >= 0.3 is 0 Å². The second-order valence-electron chi connectivity index (χ2n) is 2.59. The van der Waals surface area contributed by atoms with Crippen molar-refractivity contribution in [3.63, 3.8) is 0 Å². The van der Waals surface area contributed by atoms with E-state index in [1.807, 2.05) is 6.07 Å². The zero-order valence-electron chi connectivity index (χ0n) is 7.14. The number of nitrogens with zero attached hydrogens (tertiary/aromatic N) is 1. The van der Waals surface area contributed by atoms with Crippen LogP contribution in [0.4, 0.5) is 0 Å². The van der Waals surface area contributed by atoms with Crippen LogP contribution in [0, 0.1) is 0 Å². The van der Waals surface area contributed by atoms with Crippen LogP contribution in [0.3, 0.4) is 0 Å². The molecule has 0 spiro atoms. The van der Waals surface area contributed by atoms with E-state index in [1.165, 1.54) is 6.21 Å². The highest BCUT2D eigenvalue weighted by molar-refractivity contribution is 5.85. The van der Waals surface area contributed by atoms with Crippen molar-refractivity contribution in [3.05, 3.63) is 42.0 Å². The number of oxime groups is 1. The molecule has 13 heavy (non-hydrogen) atoms. The predicted molar refractivity (Wildman–Crippen MR) is 51.4 cm³/mol. The maximum atomic E-state index is 9.41. The van der Waals surface area contributed by atoms with Gasteiger partial charge in [0.25, 0.3) is 0 Å². The molecule has 0 aliphatic heterocycles. The van der Waals surface area contributed by atoms with Crippen LogP contribution in [-0.4, -0.2) is 16.5 Å². The van der Waals surface area contributed by atoms with Crippen molar-refractivity contribution < 1.29 is 10.3 Å². The maximum absolute atomic E-state index is 9.41. The van der Waals surface area contributed by atoms with Crippen molar-refractivity contribution in [2.24, 2.45) is 5.16 Å². The number of phenolic OH excluding ortho intramolecular Hbond substituents is 1. The average Bonchev–Trinajstić information content (AvgIpc) is 2.11. The van der Waals surface area contributed by atoms with Crippen LogP contribution in [0.2, 0.25) is 0 Å². The molecule has 0 aliphatic carbocycles. The minimum Gasteiger partial charge on any atom is -0.507 e. The van der Waals surface area contributed by atoms with Crippen molar-refractivity contribution in [2.45, 2.75) is 6.42 Å². The summed E-state index contributed by atoms with van der Waals surface area (Å²) >= 11 is 0. The molecule has 1 aromatic carbocycles. The molecule has 68 valence electrons. The summed E-state index contributed by atoms with van der Waals surface area (Å²) in [5, 5.41) is 20.7. The van der Waals surface area contributed by atoms with Crippen molar-refractivity contribution in [1.82, 2.24) is 0 Å². The molecule has 0 fully saturated rings. The minimum atomic E-state index is 0.108. The highest BCUT2D eigenvalue weighted by atomic mass is 16.4. The Bertz CT molecular complexity index is 332. The van der Waals surface area contributed by atoms with E-state index in [2.05, 4.69) is 11.7 Å². The first-order chi connectivity index (χ1) is 6.29. The van der Waals surface area contributed by atoms with E-state index >= 15 is 0 Å². The third kappa shape index (κ3) is 2.08. The largest absolute Gasteiger partial charge is 0.507 e. The normalized spacial score (nSPS) is 10.5. The van der Waals surface area contributed by atoms with Gasteiger partial charge in [0.05, 0.1) is 6.21 Å². The van der Waals surface area contributed by atoms with Gasteiger partial charge in [0.2, 0.25) is 0 Å². The molecular weight excluding hydrogens is 166 g/mol. The number of hydrogen-bond donors (Lipinski definition) is 2. The molecular formula is C10H11NO2. The summed E-state index contributed by atoms with van der Waals surface area (Å²) in [6, 6.07) is 5.13. The first-order valence-corrected chi connectivity index (χ1v) is 3.88. The highest BCUT2D eigenvalue weighted by Crippen LogP contribution is 2.19. The lowest BCUT2D eigenvalue weighted by Crippen LogP contribution is -1.91. The molecule has 3 nitrogen and oxygen atoms in total. The molecule has 1 aromatic rings. The molecule has 0 aliphatic rings. The van der Waals surface area contributed by atoms with Gasteiger partial charge in [-0.3, -0.25) is 0 Å². The summed E-state index contributed by atoms with van der Waals surface area (Å²) in [5.74, 6) is 0.108. The third-order valence-corrected chi connectivity index (χ3v) is 1.72. The standard InChI is InChI=1S/C10H11NO2/c1-2-4-8-5-3-6-10(12)9(8)7-11-13/h2-3,5-7,12-13H,1,4H2. The zero-order chi connectivity index (χ0) is 9.68. The van der Waals surface area contributed by atoms with Crippen molar-refractivity contribution in [1.29, 1.82) is 0 Å². The second-order valence-corrected chi connectivity index (χ2v) is 2.59. The number of allylic oxidation sites excluding steroid dienone is 1. The summed E-state index contributed by atoms with van der Waals surface area (Å²) < 4.78 is 0. The molecule has 0 heterocycles. The Kier molecular flexibility index (Phi) is 3.09. The number of hydrogen-bond acceptors (Lipinski definition) is 3. The van der Waals surface area contributed by atoms with E-state index < -0.39 is 0 Å². The van der Waals surface area contributed by atoms with Crippen LogP contribution in [-0.2, 0) is 6.42 Å². The number of aromatic hydroxyl groups is 1. The predicted octanol–water partition coefficient (Wildman–Crippen LogP) is 1.93. The van der Waals surface area contributed by atoms with E-state index in [0.717, 1.165) is 5.56 Å². The van der Waals surface area contributed by atoms with Gasteiger partial charge in [-0.2, -0.15) is 0 Å². The first kappa shape index (κ1) is 9.32. The Labute approximate surface area is 76.6 Å². The fourth-order valence-corrected chi connectivity index (χ4v) is 1.14. The summed E-state index contributed by atoms with van der Waals surface area (Å²) in [6.45, 7) is 3.60. The quantitative estimate of drug-likeness (QED) is 0.321. The summed E-state index contributed by atoms with van der Waals surface area (Å²) in [5.41, 5.74) is 1.41. The zero-order valence-corrected chi connectivity index (χ0v) is 7.14. The molecule has 2 N–H and O–H groups in total. The van der Waals surface area contributed by atoms with Crippen LogP contribution in [0.25, 0.3) is 0 Å². The molecule has 0 radical (unpaired) electrons. The fraction of sp³-hybridized carbons (Fsp3) is 0.100. The monoisotopic (exact) mass is 177 g/mol. The molecule has 0 unspecified atom stereocenters. The average molecular weight is 177 g/mol. The smallest absolute Gasteiger partial charge is 0.124 e. The molecule has 0 bridgehead atoms. The van der Waals surface area contributed by atoms with Gasteiger partial charge in [-0.05, 0) is 18.1 Å². The van der Waals surface area contributed by atoms with E-state index in [1.54, 1.807) is 18.2 Å². The molecule has 0 saturated carbocycles. The maximum Gasteiger partial charge on any atom is 0.124 e. The van der Waals surface area contributed by atoms with Crippen molar-refractivity contribution in [3.8, 4) is 5.75 Å². The van der Waals surface area contributed by atoms with Crippen LogP contribution in [0.1, 0.15) is 11.1 Å². The molecule has 0 amide bonds. The lowest BCUT2D eigenvalue weighted by molar-refractivity contribution is 0.321. The van der Waals surface area contributed by atoms with Gasteiger partial charge < -0.3 is 10.3 Å². The van der Waals surface area contributed by atoms with Gasteiger partial charge in [-0.25, -0.2) is 0 Å². The second kappa shape index (κ2) is 4.30. The highest BCUT2D eigenvalue weighted by Gasteiger charge is 2.03. The van der Waals surface area contributed by atoms with Gasteiger partial charge in [0, 0.05) is 5.56 Å². The van der Waals surface area contributed by atoms with E-state index in [-0.39, 0.29) is 5.75 Å².